The predicted octanol–water partition coefficient (Wildman–Crippen LogP) is 1.15. The molecule has 6 heteroatoms. The van der Waals surface area contributed by atoms with E-state index in [2.05, 4.69) is 10.3 Å². The van der Waals surface area contributed by atoms with E-state index in [1.807, 2.05) is 11.8 Å². The summed E-state index contributed by atoms with van der Waals surface area (Å²) in [6.45, 7) is 5.78. The molecule has 0 atom stereocenters. The van der Waals surface area contributed by atoms with Crippen molar-refractivity contribution in [3.8, 4) is 0 Å². The minimum Gasteiger partial charge on any atom is -0.381 e. The highest BCUT2D eigenvalue weighted by Crippen LogP contribution is 2.14. The van der Waals surface area contributed by atoms with Crippen LogP contribution in [0.15, 0.2) is 18.3 Å². The number of rotatable bonds is 5. The quantitative estimate of drug-likeness (QED) is 0.886. The monoisotopic (exact) mass is 305 g/mol. The highest BCUT2D eigenvalue weighted by Gasteiger charge is 2.23. The van der Waals surface area contributed by atoms with Gasteiger partial charge in [0.2, 0.25) is 5.91 Å². The van der Waals surface area contributed by atoms with Crippen molar-refractivity contribution < 1.29 is 14.3 Å². The lowest BCUT2D eigenvalue weighted by molar-refractivity contribution is -0.132. The van der Waals surface area contributed by atoms with Gasteiger partial charge in [-0.25, -0.2) is 0 Å². The molecule has 1 aromatic rings. The van der Waals surface area contributed by atoms with Crippen LogP contribution in [0.4, 0.5) is 0 Å². The Morgan fingerprint density at radius 3 is 2.68 bits per heavy atom. The number of hydrogen-bond acceptors (Lipinski definition) is 4. The molecule has 1 aliphatic rings. The Morgan fingerprint density at radius 2 is 2.09 bits per heavy atom. The van der Waals surface area contributed by atoms with E-state index < -0.39 is 0 Å². The summed E-state index contributed by atoms with van der Waals surface area (Å²) in [5.41, 5.74) is 1.41. The van der Waals surface area contributed by atoms with Gasteiger partial charge in [-0.15, -0.1) is 0 Å². The van der Waals surface area contributed by atoms with E-state index >= 15 is 0 Å². The number of nitrogens with zero attached hydrogens (tertiary/aromatic N) is 2. The molecular weight excluding hydrogens is 282 g/mol. The van der Waals surface area contributed by atoms with Crippen LogP contribution in [-0.4, -0.2) is 54.0 Å². The summed E-state index contributed by atoms with van der Waals surface area (Å²) in [7, 11) is 0. The van der Waals surface area contributed by atoms with Crippen LogP contribution in [0, 0.1) is 6.92 Å². The summed E-state index contributed by atoms with van der Waals surface area (Å²) in [4.78, 5) is 29.7. The van der Waals surface area contributed by atoms with Gasteiger partial charge in [-0.05, 0) is 31.9 Å². The van der Waals surface area contributed by atoms with Crippen LogP contribution in [0.3, 0.4) is 0 Å². The first-order chi connectivity index (χ1) is 10.6. The number of carbonyl (C=O) groups is 2. The predicted molar refractivity (Wildman–Crippen MR) is 82.5 cm³/mol. The molecule has 0 aromatic carbocycles. The molecule has 120 valence electrons. The fourth-order valence-corrected chi connectivity index (χ4v) is 2.59. The van der Waals surface area contributed by atoms with Crippen LogP contribution in [0.25, 0.3) is 0 Å². The second-order valence-electron chi connectivity index (χ2n) is 5.50. The number of aryl methyl sites for hydroxylation is 1. The molecule has 22 heavy (non-hydrogen) atoms. The Balaban J connectivity index is 1.83. The second kappa shape index (κ2) is 7.89. The molecule has 1 fully saturated rings. The smallest absolute Gasteiger partial charge is 0.252 e. The van der Waals surface area contributed by atoms with E-state index in [4.69, 9.17) is 4.74 Å². The van der Waals surface area contributed by atoms with Crippen LogP contribution >= 0.6 is 0 Å². The zero-order valence-corrected chi connectivity index (χ0v) is 13.2. The number of ether oxygens (including phenoxy) is 1. The molecule has 2 amide bonds. The van der Waals surface area contributed by atoms with Gasteiger partial charge >= 0.3 is 0 Å². The van der Waals surface area contributed by atoms with Gasteiger partial charge < -0.3 is 15.0 Å². The van der Waals surface area contributed by atoms with E-state index in [1.54, 1.807) is 25.3 Å². The van der Waals surface area contributed by atoms with Gasteiger partial charge in [-0.3, -0.25) is 14.6 Å². The van der Waals surface area contributed by atoms with Gasteiger partial charge in [0.05, 0.1) is 5.56 Å². The third-order valence-corrected chi connectivity index (χ3v) is 3.85. The topological polar surface area (TPSA) is 71.5 Å². The largest absolute Gasteiger partial charge is 0.381 e. The van der Waals surface area contributed by atoms with Gasteiger partial charge in [-0.1, -0.05) is 0 Å². The highest BCUT2D eigenvalue weighted by molar-refractivity contribution is 5.93. The highest BCUT2D eigenvalue weighted by atomic mass is 16.5. The average Bonchev–Trinajstić information content (AvgIpc) is 2.52. The van der Waals surface area contributed by atoms with Crippen molar-refractivity contribution in [2.75, 3.05) is 26.3 Å². The molecule has 6 nitrogen and oxygen atoms in total. The van der Waals surface area contributed by atoms with Gasteiger partial charge in [0, 0.05) is 51.2 Å². The first kappa shape index (κ1) is 16.4. The summed E-state index contributed by atoms with van der Waals surface area (Å²) < 4.78 is 5.33. The van der Waals surface area contributed by atoms with Crippen molar-refractivity contribution in [1.82, 2.24) is 15.2 Å². The molecule has 0 radical (unpaired) electrons. The molecule has 1 saturated heterocycles. The first-order valence-corrected chi connectivity index (χ1v) is 7.63. The maximum atomic E-state index is 12.0. The molecule has 0 spiro atoms. The van der Waals surface area contributed by atoms with Crippen molar-refractivity contribution in [1.29, 1.82) is 0 Å². The van der Waals surface area contributed by atoms with E-state index in [9.17, 15) is 9.59 Å². The summed E-state index contributed by atoms with van der Waals surface area (Å²) in [6.07, 6.45) is 3.27. The van der Waals surface area contributed by atoms with Crippen LogP contribution in [0.2, 0.25) is 0 Å². The number of carbonyl (C=O) groups excluding carboxylic acids is 2. The molecule has 0 aliphatic carbocycles. The van der Waals surface area contributed by atoms with E-state index in [0.29, 0.717) is 31.9 Å². The molecule has 1 aliphatic heterocycles. The van der Waals surface area contributed by atoms with Crippen LogP contribution in [0.5, 0.6) is 0 Å². The minimum atomic E-state index is -0.164. The zero-order valence-electron chi connectivity index (χ0n) is 13.2. The Labute approximate surface area is 130 Å². The number of nitrogens with one attached hydrogen (secondary N) is 1. The van der Waals surface area contributed by atoms with Crippen molar-refractivity contribution >= 4 is 11.8 Å². The lowest BCUT2D eigenvalue weighted by Gasteiger charge is -2.33. The minimum absolute atomic E-state index is 0.0400. The number of amides is 2. The first-order valence-electron chi connectivity index (χ1n) is 7.63. The summed E-state index contributed by atoms with van der Waals surface area (Å²) in [6, 6.07) is 3.77. The normalized spacial score (nSPS) is 15.4. The average molecular weight is 305 g/mol. The Bertz CT molecular complexity index is 510. The van der Waals surface area contributed by atoms with Crippen molar-refractivity contribution in [3.63, 3.8) is 0 Å². The van der Waals surface area contributed by atoms with Crippen LogP contribution < -0.4 is 5.32 Å². The number of hydrogen-bond donors (Lipinski definition) is 1. The molecule has 2 heterocycles. The maximum absolute atomic E-state index is 12.0. The lowest BCUT2D eigenvalue weighted by atomic mass is 10.1. The number of pyridine rings is 1. The number of aromatic nitrogens is 1. The molecule has 1 N–H and O–H groups in total. The van der Waals surface area contributed by atoms with Gasteiger partial charge in [-0.2, -0.15) is 0 Å². The van der Waals surface area contributed by atoms with E-state index in [-0.39, 0.29) is 17.9 Å². The summed E-state index contributed by atoms with van der Waals surface area (Å²) in [5, 5.41) is 2.84. The fourth-order valence-electron chi connectivity index (χ4n) is 2.59. The molecular formula is C16H23N3O3. The summed E-state index contributed by atoms with van der Waals surface area (Å²) >= 11 is 0. The zero-order chi connectivity index (χ0) is 15.9. The van der Waals surface area contributed by atoms with Crippen LogP contribution in [0.1, 0.15) is 35.8 Å². The molecule has 2 rings (SSSR count). The third kappa shape index (κ3) is 4.53. The van der Waals surface area contributed by atoms with Crippen molar-refractivity contribution in [3.05, 3.63) is 29.6 Å². The summed E-state index contributed by atoms with van der Waals surface area (Å²) in [5.74, 6) is -0.124. The van der Waals surface area contributed by atoms with Gasteiger partial charge in [0.15, 0.2) is 0 Å². The molecule has 0 bridgehead atoms. The van der Waals surface area contributed by atoms with E-state index in [0.717, 1.165) is 18.5 Å². The van der Waals surface area contributed by atoms with Crippen LogP contribution in [-0.2, 0) is 9.53 Å². The SMILES string of the molecule is CC(=O)N(CCNC(=O)c1ccc(C)nc1)C1CCOCC1. The standard InChI is InChI=1S/C16H23N3O3/c1-12-3-4-14(11-18-12)16(21)17-7-8-19(13(2)20)15-5-9-22-10-6-15/h3-4,11,15H,5-10H2,1-2H3,(H,17,21). The fraction of sp³-hybridized carbons (Fsp3) is 0.562. The van der Waals surface area contributed by atoms with Crippen molar-refractivity contribution in [2.45, 2.75) is 32.7 Å². The molecule has 0 unspecified atom stereocenters. The lowest BCUT2D eigenvalue weighted by Crippen LogP contribution is -2.46. The Morgan fingerprint density at radius 1 is 1.36 bits per heavy atom. The molecule has 1 aromatic heterocycles. The maximum Gasteiger partial charge on any atom is 0.252 e. The molecule has 0 saturated carbocycles. The Kier molecular flexibility index (Phi) is 5.89. The second-order valence-corrected chi connectivity index (χ2v) is 5.50. The third-order valence-electron chi connectivity index (χ3n) is 3.85. The van der Waals surface area contributed by atoms with Gasteiger partial charge in [0.1, 0.15) is 0 Å². The van der Waals surface area contributed by atoms with Gasteiger partial charge in [0.25, 0.3) is 5.91 Å². The Hall–Kier alpha value is -1.95. The van der Waals surface area contributed by atoms with E-state index in [1.165, 1.54) is 0 Å². The van der Waals surface area contributed by atoms with Crippen molar-refractivity contribution in [2.24, 2.45) is 0 Å².